The van der Waals surface area contributed by atoms with E-state index in [-0.39, 0.29) is 5.92 Å². The van der Waals surface area contributed by atoms with Gasteiger partial charge in [0.05, 0.1) is 12.1 Å². The lowest BCUT2D eigenvalue weighted by atomic mass is 9.91. The second kappa shape index (κ2) is 6.70. The van der Waals surface area contributed by atoms with Crippen LogP contribution in [0.1, 0.15) is 17.7 Å². The van der Waals surface area contributed by atoms with Crippen LogP contribution in [0.2, 0.25) is 5.02 Å². The number of likely N-dealkylation sites (tertiary alicyclic amines) is 1. The molecule has 0 amide bonds. The summed E-state index contributed by atoms with van der Waals surface area (Å²) in [6.45, 7) is 2.65. The highest BCUT2D eigenvalue weighted by molar-refractivity contribution is 7.10. The fraction of sp³-hybridized carbons (Fsp3) is 0.615. The number of methoxy groups -OCH3 is 1. The van der Waals surface area contributed by atoms with Crippen molar-refractivity contribution in [3.8, 4) is 0 Å². The number of carbonyl (C=O) groups is 1. The fourth-order valence-electron chi connectivity index (χ4n) is 2.40. The van der Waals surface area contributed by atoms with Crippen molar-refractivity contribution in [2.45, 2.75) is 25.5 Å². The van der Waals surface area contributed by atoms with Crippen molar-refractivity contribution in [2.75, 3.05) is 20.2 Å². The maximum Gasteiger partial charge on any atom is 0.334 e. The zero-order valence-corrected chi connectivity index (χ0v) is 12.4. The van der Waals surface area contributed by atoms with Crippen molar-refractivity contribution in [3.63, 3.8) is 0 Å². The second-order valence-electron chi connectivity index (χ2n) is 4.81. The van der Waals surface area contributed by atoms with Gasteiger partial charge in [-0.05, 0) is 37.9 Å². The summed E-state index contributed by atoms with van der Waals surface area (Å²) < 4.78 is 4.57. The number of hydrogen-bond donors (Lipinski definition) is 1. The molecule has 0 saturated carbocycles. The molecule has 1 N–H and O–H groups in total. The summed E-state index contributed by atoms with van der Waals surface area (Å²) in [5.41, 5.74) is 0. The standard InChI is InChI=1S/C13H18ClNO3S/c1-18-13(17)12(16)9-2-4-15(5-3-9)7-11-6-10(14)8-19-11/h6,8-9,12,16H,2-5,7H2,1H3/t12-/m1/s1. The van der Waals surface area contributed by atoms with Gasteiger partial charge < -0.3 is 9.84 Å². The van der Waals surface area contributed by atoms with Crippen LogP contribution in [0, 0.1) is 5.92 Å². The topological polar surface area (TPSA) is 49.8 Å². The summed E-state index contributed by atoms with van der Waals surface area (Å²) in [5.74, 6) is -0.515. The molecular formula is C13H18ClNO3S. The number of aliphatic hydroxyl groups is 1. The Morgan fingerprint density at radius 3 is 2.84 bits per heavy atom. The quantitative estimate of drug-likeness (QED) is 0.866. The first kappa shape index (κ1) is 14.8. The SMILES string of the molecule is COC(=O)[C@H](O)C1CCN(Cc2cc(Cl)cs2)CC1. The van der Waals surface area contributed by atoms with Crippen molar-refractivity contribution in [2.24, 2.45) is 5.92 Å². The van der Waals surface area contributed by atoms with Crippen LogP contribution in [-0.2, 0) is 16.1 Å². The molecule has 19 heavy (non-hydrogen) atoms. The van der Waals surface area contributed by atoms with Gasteiger partial charge in [0, 0.05) is 16.8 Å². The molecule has 1 aromatic heterocycles. The van der Waals surface area contributed by atoms with E-state index in [1.165, 1.54) is 12.0 Å². The Morgan fingerprint density at radius 1 is 1.63 bits per heavy atom. The average molecular weight is 304 g/mol. The molecule has 1 saturated heterocycles. The summed E-state index contributed by atoms with van der Waals surface area (Å²) >= 11 is 7.56. The molecule has 4 nitrogen and oxygen atoms in total. The summed E-state index contributed by atoms with van der Waals surface area (Å²) in [7, 11) is 1.31. The predicted octanol–water partition coefficient (Wildman–Crippen LogP) is 2.15. The number of thiophene rings is 1. The minimum Gasteiger partial charge on any atom is -0.467 e. The van der Waals surface area contributed by atoms with E-state index in [9.17, 15) is 9.90 Å². The van der Waals surface area contributed by atoms with Gasteiger partial charge in [0.1, 0.15) is 0 Å². The van der Waals surface area contributed by atoms with Crippen LogP contribution in [0.15, 0.2) is 11.4 Å². The van der Waals surface area contributed by atoms with E-state index in [1.54, 1.807) is 11.3 Å². The van der Waals surface area contributed by atoms with Gasteiger partial charge in [0.15, 0.2) is 6.10 Å². The Morgan fingerprint density at radius 2 is 2.32 bits per heavy atom. The Bertz CT molecular complexity index is 429. The van der Waals surface area contributed by atoms with Crippen LogP contribution in [0.4, 0.5) is 0 Å². The molecule has 1 aliphatic heterocycles. The maximum absolute atomic E-state index is 11.3. The summed E-state index contributed by atoms with van der Waals surface area (Å²) in [6, 6.07) is 1.99. The monoisotopic (exact) mass is 303 g/mol. The van der Waals surface area contributed by atoms with Crippen molar-refractivity contribution < 1.29 is 14.6 Å². The van der Waals surface area contributed by atoms with E-state index in [4.69, 9.17) is 11.6 Å². The Labute approximate surface area is 121 Å². The molecule has 0 spiro atoms. The minimum atomic E-state index is -0.983. The molecule has 1 atom stereocenters. The first-order valence-electron chi connectivity index (χ1n) is 6.31. The van der Waals surface area contributed by atoms with Gasteiger partial charge in [-0.3, -0.25) is 4.90 Å². The van der Waals surface area contributed by atoms with Crippen LogP contribution in [0.5, 0.6) is 0 Å². The summed E-state index contributed by atoms with van der Waals surface area (Å²) in [5, 5.41) is 12.5. The molecule has 2 heterocycles. The van der Waals surface area contributed by atoms with Gasteiger partial charge in [0.25, 0.3) is 0 Å². The van der Waals surface area contributed by atoms with E-state index in [2.05, 4.69) is 9.64 Å². The highest BCUT2D eigenvalue weighted by Gasteiger charge is 2.30. The summed E-state index contributed by atoms with van der Waals surface area (Å²) in [6.07, 6.45) is 0.647. The third kappa shape index (κ3) is 3.92. The zero-order valence-electron chi connectivity index (χ0n) is 10.8. The first-order valence-corrected chi connectivity index (χ1v) is 7.57. The van der Waals surface area contributed by atoms with Gasteiger partial charge >= 0.3 is 5.97 Å². The molecule has 1 fully saturated rings. The van der Waals surface area contributed by atoms with Crippen LogP contribution < -0.4 is 0 Å². The number of carbonyl (C=O) groups excluding carboxylic acids is 1. The largest absolute Gasteiger partial charge is 0.467 e. The zero-order chi connectivity index (χ0) is 13.8. The van der Waals surface area contributed by atoms with Gasteiger partial charge in [0.2, 0.25) is 0 Å². The van der Waals surface area contributed by atoms with E-state index in [0.717, 1.165) is 37.5 Å². The molecule has 2 rings (SSSR count). The average Bonchev–Trinajstić information content (AvgIpc) is 2.83. The van der Waals surface area contributed by atoms with Crippen molar-refractivity contribution >= 4 is 28.9 Å². The van der Waals surface area contributed by atoms with E-state index in [1.807, 2.05) is 11.4 Å². The molecule has 0 aliphatic carbocycles. The Kier molecular flexibility index (Phi) is 5.21. The van der Waals surface area contributed by atoms with E-state index < -0.39 is 12.1 Å². The Hall–Kier alpha value is -0.620. The number of halogens is 1. The number of piperidine rings is 1. The number of esters is 1. The smallest absolute Gasteiger partial charge is 0.334 e. The molecule has 0 bridgehead atoms. The predicted molar refractivity (Wildman–Crippen MR) is 75.4 cm³/mol. The molecule has 0 radical (unpaired) electrons. The van der Waals surface area contributed by atoms with Crippen LogP contribution in [0.3, 0.4) is 0 Å². The second-order valence-corrected chi connectivity index (χ2v) is 6.25. The number of ether oxygens (including phenoxy) is 1. The fourth-order valence-corrected chi connectivity index (χ4v) is 3.51. The molecule has 1 aliphatic rings. The van der Waals surface area contributed by atoms with E-state index in [0.29, 0.717) is 0 Å². The minimum absolute atomic E-state index is 0.00984. The molecule has 0 unspecified atom stereocenters. The van der Waals surface area contributed by atoms with Crippen LogP contribution in [0.25, 0.3) is 0 Å². The van der Waals surface area contributed by atoms with E-state index >= 15 is 0 Å². The highest BCUT2D eigenvalue weighted by Crippen LogP contribution is 2.25. The summed E-state index contributed by atoms with van der Waals surface area (Å²) in [4.78, 5) is 14.9. The van der Waals surface area contributed by atoms with Crippen LogP contribution in [-0.4, -0.2) is 42.3 Å². The lowest BCUT2D eigenvalue weighted by molar-refractivity contribution is -0.154. The molecule has 0 aromatic carbocycles. The van der Waals surface area contributed by atoms with Gasteiger partial charge in [-0.25, -0.2) is 4.79 Å². The number of aliphatic hydroxyl groups excluding tert-OH is 1. The third-order valence-electron chi connectivity index (χ3n) is 3.52. The number of nitrogens with zero attached hydrogens (tertiary/aromatic N) is 1. The molecule has 1 aromatic rings. The van der Waals surface area contributed by atoms with Crippen molar-refractivity contribution in [1.29, 1.82) is 0 Å². The van der Waals surface area contributed by atoms with Crippen molar-refractivity contribution in [3.05, 3.63) is 21.3 Å². The van der Waals surface area contributed by atoms with Crippen LogP contribution >= 0.6 is 22.9 Å². The first-order chi connectivity index (χ1) is 9.10. The lowest BCUT2D eigenvalue weighted by Gasteiger charge is -2.33. The maximum atomic E-state index is 11.3. The Balaban J connectivity index is 1.80. The number of rotatable bonds is 4. The molecule has 6 heteroatoms. The number of hydrogen-bond acceptors (Lipinski definition) is 5. The highest BCUT2D eigenvalue weighted by atomic mass is 35.5. The van der Waals surface area contributed by atoms with Gasteiger partial charge in [-0.15, -0.1) is 11.3 Å². The molecule has 106 valence electrons. The van der Waals surface area contributed by atoms with Crippen molar-refractivity contribution in [1.82, 2.24) is 4.90 Å². The van der Waals surface area contributed by atoms with Gasteiger partial charge in [-0.1, -0.05) is 11.6 Å². The third-order valence-corrected chi connectivity index (χ3v) is 4.79. The van der Waals surface area contributed by atoms with Gasteiger partial charge in [-0.2, -0.15) is 0 Å². The molecular weight excluding hydrogens is 286 g/mol. The lowest BCUT2D eigenvalue weighted by Crippen LogP contribution is -2.40. The normalized spacial score (nSPS) is 19.3.